The molecule has 0 aromatic carbocycles. The zero-order valence-corrected chi connectivity index (χ0v) is 10.7. The number of aliphatic hydroxyl groups excluding tert-OH is 1. The van der Waals surface area contributed by atoms with E-state index in [1.165, 1.54) is 18.5 Å². The minimum Gasteiger partial charge on any atom is -0.489 e. The van der Waals surface area contributed by atoms with E-state index in [0.717, 1.165) is 6.20 Å². The van der Waals surface area contributed by atoms with Gasteiger partial charge in [-0.3, -0.25) is 9.97 Å². The molecule has 1 N–H and O–H groups in total. The van der Waals surface area contributed by atoms with Gasteiger partial charge in [-0.1, -0.05) is 0 Å². The Kier molecular flexibility index (Phi) is 4.06. The lowest BCUT2D eigenvalue weighted by molar-refractivity contribution is 0.214. The van der Waals surface area contributed by atoms with Crippen molar-refractivity contribution in [1.82, 2.24) is 9.97 Å². The Morgan fingerprint density at radius 3 is 2.32 bits per heavy atom. The number of hydrogen-bond acceptors (Lipinski definition) is 4. The number of ether oxygens (including phenoxy) is 1. The van der Waals surface area contributed by atoms with Crippen molar-refractivity contribution in [3.05, 3.63) is 53.9 Å². The Morgan fingerprint density at radius 1 is 1.05 bits per heavy atom. The fourth-order valence-electron chi connectivity index (χ4n) is 1.69. The smallest absolute Gasteiger partial charge is 0.141 e. The lowest BCUT2D eigenvalue weighted by Gasteiger charge is -2.14. The van der Waals surface area contributed by atoms with Gasteiger partial charge in [0.05, 0.1) is 18.5 Å². The molecule has 19 heavy (non-hydrogen) atoms. The minimum atomic E-state index is -0.980. The van der Waals surface area contributed by atoms with E-state index in [-0.39, 0.29) is 6.10 Å². The molecule has 1 unspecified atom stereocenters. The quantitative estimate of drug-likeness (QED) is 0.919. The van der Waals surface area contributed by atoms with Gasteiger partial charge in [0.25, 0.3) is 0 Å². The molecule has 0 spiro atoms. The van der Waals surface area contributed by atoms with E-state index < -0.39 is 11.9 Å². The Hall–Kier alpha value is -2.01. The Morgan fingerprint density at radius 2 is 1.68 bits per heavy atom. The second-order valence-corrected chi connectivity index (χ2v) is 4.46. The maximum atomic E-state index is 13.1. The molecule has 0 amide bonds. The molecule has 0 saturated heterocycles. The molecule has 0 aliphatic rings. The molecule has 0 bridgehead atoms. The van der Waals surface area contributed by atoms with E-state index in [4.69, 9.17) is 4.74 Å². The van der Waals surface area contributed by atoms with Crippen LogP contribution in [-0.2, 0) is 0 Å². The average molecular weight is 262 g/mol. The number of hydrogen-bond donors (Lipinski definition) is 1. The molecule has 0 saturated carbocycles. The van der Waals surface area contributed by atoms with E-state index in [1.54, 1.807) is 12.3 Å². The lowest BCUT2D eigenvalue weighted by atomic mass is 10.1. The fraction of sp³-hybridized carbons (Fsp3) is 0.286. The molecule has 2 aromatic heterocycles. The number of rotatable bonds is 4. The summed E-state index contributed by atoms with van der Waals surface area (Å²) in [6, 6.07) is 2.93. The summed E-state index contributed by atoms with van der Waals surface area (Å²) in [5, 5.41) is 10.2. The highest BCUT2D eigenvalue weighted by Crippen LogP contribution is 2.24. The van der Waals surface area contributed by atoms with Gasteiger partial charge in [0.15, 0.2) is 0 Å². The van der Waals surface area contributed by atoms with E-state index in [0.29, 0.717) is 16.9 Å². The van der Waals surface area contributed by atoms with Crippen molar-refractivity contribution in [2.45, 2.75) is 26.1 Å². The zero-order chi connectivity index (χ0) is 13.8. The number of halogens is 1. The van der Waals surface area contributed by atoms with E-state index >= 15 is 0 Å². The highest BCUT2D eigenvalue weighted by Gasteiger charge is 2.13. The molecule has 1 atom stereocenters. The van der Waals surface area contributed by atoms with Crippen LogP contribution in [0.4, 0.5) is 4.39 Å². The van der Waals surface area contributed by atoms with Crippen molar-refractivity contribution in [2.75, 3.05) is 0 Å². The van der Waals surface area contributed by atoms with Crippen LogP contribution in [0.25, 0.3) is 0 Å². The Labute approximate surface area is 110 Å². The number of pyridine rings is 2. The van der Waals surface area contributed by atoms with Crippen molar-refractivity contribution >= 4 is 0 Å². The van der Waals surface area contributed by atoms with Gasteiger partial charge < -0.3 is 9.84 Å². The van der Waals surface area contributed by atoms with Crippen molar-refractivity contribution < 1.29 is 14.2 Å². The van der Waals surface area contributed by atoms with Crippen molar-refractivity contribution in [3.63, 3.8) is 0 Å². The number of aromatic nitrogens is 2. The number of aliphatic hydroxyl groups is 1. The topological polar surface area (TPSA) is 55.2 Å². The van der Waals surface area contributed by atoms with Gasteiger partial charge in [0.2, 0.25) is 0 Å². The van der Waals surface area contributed by atoms with Gasteiger partial charge in [-0.2, -0.15) is 0 Å². The van der Waals surface area contributed by atoms with Crippen molar-refractivity contribution in [3.8, 4) is 5.75 Å². The molecule has 5 heteroatoms. The standard InChI is InChI=1S/C14H15FN2O2/c1-9(2)19-13-4-11(6-17-8-13)14(18)10-3-12(15)7-16-5-10/h3-9,14,18H,1-2H3. The van der Waals surface area contributed by atoms with Crippen LogP contribution in [0.5, 0.6) is 5.75 Å². The first-order valence-corrected chi connectivity index (χ1v) is 5.96. The van der Waals surface area contributed by atoms with Crippen LogP contribution in [0.3, 0.4) is 0 Å². The first-order chi connectivity index (χ1) is 9.06. The molecule has 0 aliphatic heterocycles. The summed E-state index contributed by atoms with van der Waals surface area (Å²) in [6.07, 6.45) is 4.63. The Bertz CT molecular complexity index is 561. The molecule has 100 valence electrons. The van der Waals surface area contributed by atoms with E-state index in [1.807, 2.05) is 13.8 Å². The molecule has 2 rings (SSSR count). The zero-order valence-electron chi connectivity index (χ0n) is 10.7. The van der Waals surface area contributed by atoms with Crippen LogP contribution < -0.4 is 4.74 Å². The van der Waals surface area contributed by atoms with Crippen molar-refractivity contribution in [2.24, 2.45) is 0 Å². The maximum absolute atomic E-state index is 13.1. The Balaban J connectivity index is 2.26. The summed E-state index contributed by atoms with van der Waals surface area (Å²) >= 11 is 0. The van der Waals surface area contributed by atoms with Crippen LogP contribution in [0.1, 0.15) is 31.1 Å². The monoisotopic (exact) mass is 262 g/mol. The van der Waals surface area contributed by atoms with Crippen LogP contribution in [0.2, 0.25) is 0 Å². The van der Waals surface area contributed by atoms with E-state index in [9.17, 15) is 9.50 Å². The lowest BCUT2D eigenvalue weighted by Crippen LogP contribution is -2.07. The summed E-state index contributed by atoms with van der Waals surface area (Å²) in [5.41, 5.74) is 0.911. The van der Waals surface area contributed by atoms with E-state index in [2.05, 4.69) is 9.97 Å². The highest BCUT2D eigenvalue weighted by atomic mass is 19.1. The average Bonchev–Trinajstić information content (AvgIpc) is 2.37. The molecular weight excluding hydrogens is 247 g/mol. The first-order valence-electron chi connectivity index (χ1n) is 5.96. The predicted octanol–water partition coefficient (Wildman–Crippen LogP) is 2.48. The van der Waals surface area contributed by atoms with Gasteiger partial charge in [-0.05, 0) is 26.0 Å². The first kappa shape index (κ1) is 13.4. The number of nitrogens with zero attached hydrogens (tertiary/aromatic N) is 2. The third-order valence-corrected chi connectivity index (χ3v) is 2.46. The van der Waals surface area contributed by atoms with Crippen LogP contribution in [-0.4, -0.2) is 21.2 Å². The third kappa shape index (κ3) is 3.48. The molecular formula is C14H15FN2O2. The summed E-state index contributed by atoms with van der Waals surface area (Å²) in [6.45, 7) is 3.80. The maximum Gasteiger partial charge on any atom is 0.141 e. The van der Waals surface area contributed by atoms with Crippen LogP contribution in [0.15, 0.2) is 36.9 Å². The molecule has 0 radical (unpaired) electrons. The normalized spacial score (nSPS) is 12.5. The SMILES string of the molecule is CC(C)Oc1cncc(C(O)c2cncc(F)c2)c1. The largest absolute Gasteiger partial charge is 0.489 e. The second-order valence-electron chi connectivity index (χ2n) is 4.46. The van der Waals surface area contributed by atoms with Crippen LogP contribution >= 0.6 is 0 Å². The van der Waals surface area contributed by atoms with Gasteiger partial charge in [0, 0.05) is 23.5 Å². The van der Waals surface area contributed by atoms with Gasteiger partial charge >= 0.3 is 0 Å². The van der Waals surface area contributed by atoms with Crippen molar-refractivity contribution in [1.29, 1.82) is 0 Å². The van der Waals surface area contributed by atoms with Gasteiger partial charge in [-0.15, -0.1) is 0 Å². The summed E-state index contributed by atoms with van der Waals surface area (Å²) in [4.78, 5) is 7.72. The third-order valence-electron chi connectivity index (χ3n) is 2.46. The second kappa shape index (κ2) is 5.75. The predicted molar refractivity (Wildman–Crippen MR) is 68.3 cm³/mol. The molecule has 4 nitrogen and oxygen atoms in total. The van der Waals surface area contributed by atoms with Gasteiger partial charge in [-0.25, -0.2) is 4.39 Å². The molecule has 0 aliphatic carbocycles. The summed E-state index contributed by atoms with van der Waals surface area (Å²) < 4.78 is 18.6. The highest BCUT2D eigenvalue weighted by molar-refractivity contribution is 5.31. The molecule has 2 aromatic rings. The molecule has 2 heterocycles. The summed E-state index contributed by atoms with van der Waals surface area (Å²) in [5.74, 6) is 0.0787. The summed E-state index contributed by atoms with van der Waals surface area (Å²) in [7, 11) is 0. The minimum absolute atomic E-state index is 0.0185. The fourth-order valence-corrected chi connectivity index (χ4v) is 1.69. The molecule has 0 fully saturated rings. The van der Waals surface area contributed by atoms with Crippen LogP contribution in [0, 0.1) is 5.82 Å². The van der Waals surface area contributed by atoms with Gasteiger partial charge in [0.1, 0.15) is 17.7 Å².